The Bertz CT molecular complexity index is 603. The van der Waals surface area contributed by atoms with Crippen molar-refractivity contribution in [3.05, 3.63) is 65.0 Å². The first kappa shape index (κ1) is 14.3. The van der Waals surface area contributed by atoms with Crippen molar-refractivity contribution in [3.63, 3.8) is 0 Å². The van der Waals surface area contributed by atoms with Gasteiger partial charge >= 0.3 is 0 Å². The highest BCUT2D eigenvalue weighted by molar-refractivity contribution is 5.93. The van der Waals surface area contributed by atoms with E-state index < -0.39 is 0 Å². The number of hydrogen-bond donors (Lipinski definition) is 0. The summed E-state index contributed by atoms with van der Waals surface area (Å²) in [7, 11) is 1.45. The molecule has 0 heterocycles. The number of rotatable bonds is 5. The van der Waals surface area contributed by atoms with Gasteiger partial charge in [-0.2, -0.15) is 0 Å². The number of ether oxygens (including phenoxy) is 1. The lowest BCUT2D eigenvalue weighted by Crippen LogP contribution is -1.96. The molecule has 0 bridgehead atoms. The van der Waals surface area contributed by atoms with Crippen molar-refractivity contribution in [2.75, 3.05) is 7.11 Å². The predicted molar refractivity (Wildman–Crippen MR) is 76.8 cm³/mol. The minimum atomic E-state index is -0.336. The fourth-order valence-electron chi connectivity index (χ4n) is 2.06. The third-order valence-electron chi connectivity index (χ3n) is 3.28. The monoisotopic (exact) mass is 272 g/mol. The van der Waals surface area contributed by atoms with Crippen molar-refractivity contribution in [1.82, 2.24) is 0 Å². The quantitative estimate of drug-likeness (QED) is 0.773. The van der Waals surface area contributed by atoms with Crippen LogP contribution in [0.2, 0.25) is 0 Å². The number of Topliss-reactive ketones (excluding diaryl/α,β-unsaturated/α-hetero) is 1. The number of ketones is 1. The first-order valence-electron chi connectivity index (χ1n) is 6.52. The summed E-state index contributed by atoms with van der Waals surface area (Å²) in [6.07, 6.45) is 1.56. The zero-order valence-corrected chi connectivity index (χ0v) is 11.7. The summed E-state index contributed by atoms with van der Waals surface area (Å²) >= 11 is 0. The largest absolute Gasteiger partial charge is 0.494 e. The number of hydrogen-bond acceptors (Lipinski definition) is 2. The smallest absolute Gasteiger partial charge is 0.165 e. The van der Waals surface area contributed by atoms with Crippen LogP contribution in [0.15, 0.2) is 42.5 Å². The van der Waals surface area contributed by atoms with Crippen LogP contribution in [0.4, 0.5) is 4.39 Å². The van der Waals surface area contributed by atoms with Crippen LogP contribution in [0, 0.1) is 5.82 Å². The molecule has 2 aromatic carbocycles. The van der Waals surface area contributed by atoms with Crippen LogP contribution in [0.25, 0.3) is 0 Å². The second-order valence-electron chi connectivity index (χ2n) is 4.72. The molecular formula is C17H17FO2. The van der Waals surface area contributed by atoms with Gasteiger partial charge in [0.2, 0.25) is 0 Å². The lowest BCUT2D eigenvalue weighted by molar-refractivity contribution is 0.101. The zero-order chi connectivity index (χ0) is 14.5. The molecule has 0 saturated carbocycles. The van der Waals surface area contributed by atoms with Gasteiger partial charge < -0.3 is 4.74 Å². The molecule has 0 N–H and O–H groups in total. The minimum Gasteiger partial charge on any atom is -0.494 e. The molecular weight excluding hydrogens is 255 g/mol. The van der Waals surface area contributed by atoms with Crippen LogP contribution in [0.3, 0.4) is 0 Å². The van der Waals surface area contributed by atoms with Gasteiger partial charge in [-0.1, -0.05) is 30.3 Å². The van der Waals surface area contributed by atoms with Crippen LogP contribution in [-0.4, -0.2) is 12.9 Å². The standard InChI is InChI=1S/C17H17FO2/c1-12(19)15-8-5-13(6-9-15)3-4-14-7-10-17(20-2)16(18)11-14/h5-11H,3-4H2,1-2H3. The average Bonchev–Trinajstić information content (AvgIpc) is 2.45. The molecule has 0 aliphatic rings. The van der Waals surface area contributed by atoms with E-state index in [1.807, 2.05) is 30.3 Å². The van der Waals surface area contributed by atoms with E-state index >= 15 is 0 Å². The fraction of sp³-hybridized carbons (Fsp3) is 0.235. The molecule has 2 aromatic rings. The third kappa shape index (κ3) is 3.44. The molecule has 0 atom stereocenters. The van der Waals surface area contributed by atoms with Crippen LogP contribution >= 0.6 is 0 Å². The summed E-state index contributed by atoms with van der Waals surface area (Å²) in [6.45, 7) is 1.55. The zero-order valence-electron chi connectivity index (χ0n) is 11.7. The Morgan fingerprint density at radius 1 is 1.05 bits per heavy atom. The van der Waals surface area contributed by atoms with E-state index in [0.29, 0.717) is 5.56 Å². The molecule has 0 aliphatic heterocycles. The van der Waals surface area contributed by atoms with Gasteiger partial charge in [-0.3, -0.25) is 4.79 Å². The maximum Gasteiger partial charge on any atom is 0.165 e. The molecule has 0 amide bonds. The Hall–Kier alpha value is -2.16. The molecule has 2 nitrogen and oxygen atoms in total. The Kier molecular flexibility index (Phi) is 4.51. The van der Waals surface area contributed by atoms with Crippen molar-refractivity contribution in [2.24, 2.45) is 0 Å². The summed E-state index contributed by atoms with van der Waals surface area (Å²) in [5, 5.41) is 0. The summed E-state index contributed by atoms with van der Waals surface area (Å²) in [5.74, 6) is -0.00901. The van der Waals surface area contributed by atoms with Gasteiger partial charge in [0.05, 0.1) is 7.11 Å². The number of carbonyl (C=O) groups excluding carboxylic acids is 1. The lowest BCUT2D eigenvalue weighted by atomic mass is 10.0. The van der Waals surface area contributed by atoms with Crippen molar-refractivity contribution < 1.29 is 13.9 Å². The first-order valence-corrected chi connectivity index (χ1v) is 6.52. The molecule has 2 rings (SSSR count). The maximum atomic E-state index is 13.6. The molecule has 3 heteroatoms. The van der Waals surface area contributed by atoms with Crippen molar-refractivity contribution in [1.29, 1.82) is 0 Å². The first-order chi connectivity index (χ1) is 9.60. The molecule has 0 aliphatic carbocycles. The number of methoxy groups -OCH3 is 1. The predicted octanol–water partition coefficient (Wildman–Crippen LogP) is 3.82. The van der Waals surface area contributed by atoms with Crippen LogP contribution in [0.5, 0.6) is 5.75 Å². The molecule has 0 saturated heterocycles. The lowest BCUT2D eigenvalue weighted by Gasteiger charge is -2.06. The van der Waals surface area contributed by atoms with Gasteiger partial charge in [0.15, 0.2) is 17.3 Å². The fourth-order valence-corrected chi connectivity index (χ4v) is 2.06. The minimum absolute atomic E-state index is 0.0637. The Labute approximate surface area is 118 Å². The van der Waals surface area contributed by atoms with Gasteiger partial charge in [0, 0.05) is 5.56 Å². The summed E-state index contributed by atoms with van der Waals surface area (Å²) < 4.78 is 18.4. The summed E-state index contributed by atoms with van der Waals surface area (Å²) in [6, 6.07) is 12.5. The summed E-state index contributed by atoms with van der Waals surface area (Å²) in [4.78, 5) is 11.2. The van der Waals surface area contributed by atoms with E-state index in [1.54, 1.807) is 13.0 Å². The van der Waals surface area contributed by atoms with Crippen LogP contribution < -0.4 is 4.74 Å². The number of aryl methyl sites for hydroxylation is 2. The molecule has 0 aromatic heterocycles. The van der Waals surface area contributed by atoms with Crippen molar-refractivity contribution in [2.45, 2.75) is 19.8 Å². The van der Waals surface area contributed by atoms with Crippen LogP contribution in [0.1, 0.15) is 28.4 Å². The number of carbonyl (C=O) groups is 1. The van der Waals surface area contributed by atoms with Crippen molar-refractivity contribution in [3.8, 4) is 5.75 Å². The van der Waals surface area contributed by atoms with E-state index in [1.165, 1.54) is 13.2 Å². The summed E-state index contributed by atoms with van der Waals surface area (Å²) in [5.41, 5.74) is 2.77. The Morgan fingerprint density at radius 2 is 1.65 bits per heavy atom. The highest BCUT2D eigenvalue weighted by Gasteiger charge is 2.04. The van der Waals surface area contributed by atoms with Gasteiger partial charge in [-0.15, -0.1) is 0 Å². The van der Waals surface area contributed by atoms with Gasteiger partial charge in [0.25, 0.3) is 0 Å². The third-order valence-corrected chi connectivity index (χ3v) is 3.28. The van der Waals surface area contributed by atoms with Gasteiger partial charge in [-0.05, 0) is 43.0 Å². The SMILES string of the molecule is COc1ccc(CCc2ccc(C(C)=O)cc2)cc1F. The van der Waals surface area contributed by atoms with E-state index in [2.05, 4.69) is 0 Å². The maximum absolute atomic E-state index is 13.6. The second kappa shape index (κ2) is 6.33. The molecule has 20 heavy (non-hydrogen) atoms. The van der Waals surface area contributed by atoms with Gasteiger partial charge in [0.1, 0.15) is 0 Å². The van der Waals surface area contributed by atoms with E-state index in [9.17, 15) is 9.18 Å². The van der Waals surface area contributed by atoms with Crippen LogP contribution in [-0.2, 0) is 12.8 Å². The van der Waals surface area contributed by atoms with Crippen molar-refractivity contribution >= 4 is 5.78 Å². The molecule has 104 valence electrons. The number of halogens is 1. The second-order valence-corrected chi connectivity index (χ2v) is 4.72. The molecule has 0 radical (unpaired) electrons. The average molecular weight is 272 g/mol. The highest BCUT2D eigenvalue weighted by Crippen LogP contribution is 2.19. The van der Waals surface area contributed by atoms with E-state index in [-0.39, 0.29) is 17.3 Å². The molecule has 0 unspecified atom stereocenters. The highest BCUT2D eigenvalue weighted by atomic mass is 19.1. The van der Waals surface area contributed by atoms with Gasteiger partial charge in [-0.25, -0.2) is 4.39 Å². The Balaban J connectivity index is 2.01. The normalized spacial score (nSPS) is 10.3. The number of benzene rings is 2. The molecule has 0 fully saturated rings. The van der Waals surface area contributed by atoms with E-state index in [0.717, 1.165) is 24.0 Å². The Morgan fingerprint density at radius 3 is 2.20 bits per heavy atom. The van der Waals surface area contributed by atoms with E-state index in [4.69, 9.17) is 4.74 Å². The topological polar surface area (TPSA) is 26.3 Å². The molecule has 0 spiro atoms.